The highest BCUT2D eigenvalue weighted by Crippen LogP contribution is 2.30. The van der Waals surface area contributed by atoms with Crippen LogP contribution >= 0.6 is 0 Å². The van der Waals surface area contributed by atoms with E-state index >= 15 is 0 Å². The maximum atomic E-state index is 13.0. The van der Waals surface area contributed by atoms with Crippen LogP contribution in [0.1, 0.15) is 35.6 Å². The Morgan fingerprint density at radius 1 is 1.17 bits per heavy atom. The summed E-state index contributed by atoms with van der Waals surface area (Å²) in [7, 11) is 1.49. The Hall–Kier alpha value is -3.43. The second kappa shape index (κ2) is 8.52. The standard InChI is InChI=1S/C20H20F3N5O2/c1-4-17(14-8-6-9-15(11-14)20(21,22)23)24-30-12-16-13(2)7-5-10-18(16)28-19(29)27(3)25-26-28/h5-11H,4,12H2,1-3H3. The number of halogens is 3. The lowest BCUT2D eigenvalue weighted by Crippen LogP contribution is -2.23. The first-order chi connectivity index (χ1) is 14.2. The van der Waals surface area contributed by atoms with Gasteiger partial charge < -0.3 is 4.84 Å². The Morgan fingerprint density at radius 3 is 2.53 bits per heavy atom. The molecule has 0 unspecified atom stereocenters. The summed E-state index contributed by atoms with van der Waals surface area (Å²) < 4.78 is 41.2. The van der Waals surface area contributed by atoms with Crippen molar-refractivity contribution in [1.29, 1.82) is 0 Å². The summed E-state index contributed by atoms with van der Waals surface area (Å²) in [4.78, 5) is 17.7. The van der Waals surface area contributed by atoms with Crippen LogP contribution in [-0.4, -0.2) is 25.5 Å². The summed E-state index contributed by atoms with van der Waals surface area (Å²) in [5.41, 5.74) is 1.57. The van der Waals surface area contributed by atoms with Crippen molar-refractivity contribution in [3.8, 4) is 5.69 Å². The van der Waals surface area contributed by atoms with Crippen molar-refractivity contribution in [2.75, 3.05) is 0 Å². The van der Waals surface area contributed by atoms with Crippen LogP contribution in [0, 0.1) is 6.92 Å². The Balaban J connectivity index is 1.88. The quantitative estimate of drug-likeness (QED) is 0.452. The van der Waals surface area contributed by atoms with E-state index in [2.05, 4.69) is 15.6 Å². The fourth-order valence-electron chi connectivity index (χ4n) is 2.91. The minimum atomic E-state index is -4.43. The highest BCUT2D eigenvalue weighted by Gasteiger charge is 2.30. The van der Waals surface area contributed by atoms with Crippen LogP contribution in [0.2, 0.25) is 0 Å². The highest BCUT2D eigenvalue weighted by atomic mass is 19.4. The molecule has 0 fully saturated rings. The molecule has 0 aliphatic rings. The molecule has 10 heteroatoms. The molecule has 0 saturated heterocycles. The maximum absolute atomic E-state index is 13.0. The molecule has 1 heterocycles. The molecule has 0 spiro atoms. The van der Waals surface area contributed by atoms with Crippen LogP contribution in [0.5, 0.6) is 0 Å². The van der Waals surface area contributed by atoms with E-state index in [1.54, 1.807) is 25.1 Å². The molecule has 7 nitrogen and oxygen atoms in total. The summed E-state index contributed by atoms with van der Waals surface area (Å²) in [6, 6.07) is 10.3. The van der Waals surface area contributed by atoms with Crippen molar-refractivity contribution in [3.05, 3.63) is 75.2 Å². The molecular formula is C20H20F3N5O2. The van der Waals surface area contributed by atoms with E-state index in [0.29, 0.717) is 28.9 Å². The molecule has 2 aromatic carbocycles. The lowest BCUT2D eigenvalue weighted by Gasteiger charge is -2.12. The normalized spacial score (nSPS) is 12.3. The number of oxime groups is 1. The molecule has 0 atom stereocenters. The third-order valence-corrected chi connectivity index (χ3v) is 4.58. The monoisotopic (exact) mass is 419 g/mol. The average Bonchev–Trinajstić information content (AvgIpc) is 3.04. The molecule has 0 radical (unpaired) electrons. The molecule has 3 rings (SSSR count). The largest absolute Gasteiger partial charge is 0.416 e. The number of rotatable bonds is 6. The topological polar surface area (TPSA) is 74.3 Å². The van der Waals surface area contributed by atoms with Gasteiger partial charge >= 0.3 is 11.9 Å². The summed E-state index contributed by atoms with van der Waals surface area (Å²) in [6.45, 7) is 3.63. The zero-order valence-electron chi connectivity index (χ0n) is 16.6. The third kappa shape index (κ3) is 4.42. The average molecular weight is 419 g/mol. The van der Waals surface area contributed by atoms with Gasteiger partial charge in [0.15, 0.2) is 0 Å². The summed E-state index contributed by atoms with van der Waals surface area (Å²) in [5.74, 6) is 0. The van der Waals surface area contributed by atoms with Crippen molar-refractivity contribution in [2.45, 2.75) is 33.1 Å². The molecule has 1 aromatic heterocycles. The van der Waals surface area contributed by atoms with Gasteiger partial charge in [0.2, 0.25) is 0 Å². The van der Waals surface area contributed by atoms with Gasteiger partial charge in [-0.1, -0.05) is 36.3 Å². The van der Waals surface area contributed by atoms with Crippen LogP contribution in [0.25, 0.3) is 5.69 Å². The Kier molecular flexibility index (Phi) is 6.04. The number of hydrogen-bond donors (Lipinski definition) is 0. The molecular weight excluding hydrogens is 399 g/mol. The first kappa shape index (κ1) is 21.3. The molecule has 0 N–H and O–H groups in total. The predicted octanol–water partition coefficient (Wildman–Crippen LogP) is 3.62. The van der Waals surface area contributed by atoms with Crippen LogP contribution in [-0.2, 0) is 24.7 Å². The smallest absolute Gasteiger partial charge is 0.391 e. The number of tetrazole rings is 1. The minimum absolute atomic E-state index is 0.00742. The molecule has 0 aliphatic heterocycles. The molecule has 0 saturated carbocycles. The van der Waals surface area contributed by atoms with E-state index in [1.807, 2.05) is 13.0 Å². The van der Waals surface area contributed by atoms with Crippen LogP contribution in [0.15, 0.2) is 52.4 Å². The van der Waals surface area contributed by atoms with E-state index in [1.165, 1.54) is 13.1 Å². The van der Waals surface area contributed by atoms with Gasteiger partial charge in [0.1, 0.15) is 6.61 Å². The fourth-order valence-corrected chi connectivity index (χ4v) is 2.91. The van der Waals surface area contributed by atoms with Crippen LogP contribution in [0.4, 0.5) is 13.2 Å². The van der Waals surface area contributed by atoms with E-state index < -0.39 is 17.4 Å². The summed E-state index contributed by atoms with van der Waals surface area (Å²) in [6.07, 6.45) is -4.05. The fraction of sp³-hybridized carbons (Fsp3) is 0.300. The molecule has 158 valence electrons. The van der Waals surface area contributed by atoms with Crippen molar-refractivity contribution < 1.29 is 18.0 Å². The van der Waals surface area contributed by atoms with Gasteiger partial charge in [0.25, 0.3) is 0 Å². The highest BCUT2D eigenvalue weighted by molar-refractivity contribution is 6.00. The zero-order valence-corrected chi connectivity index (χ0v) is 16.6. The van der Waals surface area contributed by atoms with E-state index in [0.717, 1.165) is 27.1 Å². The third-order valence-electron chi connectivity index (χ3n) is 4.58. The first-order valence-corrected chi connectivity index (χ1v) is 9.16. The Bertz CT molecular complexity index is 1130. The van der Waals surface area contributed by atoms with Gasteiger partial charge in [-0.05, 0) is 53.1 Å². The van der Waals surface area contributed by atoms with Crippen molar-refractivity contribution >= 4 is 5.71 Å². The minimum Gasteiger partial charge on any atom is -0.391 e. The number of hydrogen-bond acceptors (Lipinski definition) is 5. The predicted molar refractivity (Wildman–Crippen MR) is 104 cm³/mol. The van der Waals surface area contributed by atoms with E-state index in [4.69, 9.17) is 4.84 Å². The van der Waals surface area contributed by atoms with Crippen molar-refractivity contribution in [2.24, 2.45) is 12.2 Å². The van der Waals surface area contributed by atoms with Gasteiger partial charge in [0.05, 0.1) is 17.0 Å². The van der Waals surface area contributed by atoms with E-state index in [9.17, 15) is 18.0 Å². The van der Waals surface area contributed by atoms with Crippen LogP contribution < -0.4 is 5.69 Å². The van der Waals surface area contributed by atoms with E-state index in [-0.39, 0.29) is 6.61 Å². The number of alkyl halides is 3. The molecule has 0 amide bonds. The first-order valence-electron chi connectivity index (χ1n) is 9.16. The Morgan fingerprint density at radius 2 is 1.90 bits per heavy atom. The number of benzene rings is 2. The van der Waals surface area contributed by atoms with Gasteiger partial charge in [-0.3, -0.25) is 0 Å². The summed E-state index contributed by atoms with van der Waals surface area (Å²) in [5, 5.41) is 11.6. The van der Waals surface area contributed by atoms with Crippen molar-refractivity contribution in [3.63, 3.8) is 0 Å². The van der Waals surface area contributed by atoms with Gasteiger partial charge in [-0.25, -0.2) is 4.79 Å². The number of aryl methyl sites for hydroxylation is 2. The lowest BCUT2D eigenvalue weighted by atomic mass is 10.0. The number of aromatic nitrogens is 4. The second-order valence-corrected chi connectivity index (χ2v) is 6.61. The maximum Gasteiger partial charge on any atom is 0.416 e. The molecule has 30 heavy (non-hydrogen) atoms. The molecule has 0 aliphatic carbocycles. The number of nitrogens with zero attached hydrogens (tertiary/aromatic N) is 5. The van der Waals surface area contributed by atoms with Gasteiger partial charge in [0, 0.05) is 12.6 Å². The molecule has 3 aromatic rings. The van der Waals surface area contributed by atoms with Gasteiger partial charge in [-0.2, -0.15) is 22.5 Å². The van der Waals surface area contributed by atoms with Crippen molar-refractivity contribution in [1.82, 2.24) is 19.8 Å². The van der Waals surface area contributed by atoms with Crippen LogP contribution in [0.3, 0.4) is 0 Å². The SMILES string of the molecule is CCC(=NOCc1c(C)cccc1-n1nnn(C)c1=O)c1cccc(C(F)(F)F)c1. The second-order valence-electron chi connectivity index (χ2n) is 6.61. The zero-order chi connectivity index (χ0) is 21.9. The lowest BCUT2D eigenvalue weighted by molar-refractivity contribution is -0.137. The van der Waals surface area contributed by atoms with Gasteiger partial charge in [-0.15, -0.1) is 0 Å². The molecule has 0 bridgehead atoms. The summed E-state index contributed by atoms with van der Waals surface area (Å²) >= 11 is 0. The Labute approximate surface area is 170 Å².